The summed E-state index contributed by atoms with van der Waals surface area (Å²) in [6.45, 7) is 1.71. The van der Waals surface area contributed by atoms with Crippen molar-refractivity contribution in [2.45, 2.75) is 36.8 Å². The van der Waals surface area contributed by atoms with E-state index in [0.29, 0.717) is 5.56 Å². The van der Waals surface area contributed by atoms with Gasteiger partial charge in [-0.15, -0.1) is 0 Å². The van der Waals surface area contributed by atoms with Gasteiger partial charge in [0.25, 0.3) is 5.91 Å². The average molecular weight is 348 g/mol. The number of nitrogens with zero attached hydrogens (tertiary/aromatic N) is 1. The predicted octanol–water partition coefficient (Wildman–Crippen LogP) is 1.55. The first-order chi connectivity index (χ1) is 11.4. The van der Waals surface area contributed by atoms with Gasteiger partial charge < -0.3 is 5.11 Å². The summed E-state index contributed by atoms with van der Waals surface area (Å²) in [5.74, 6) is -0.567. The Kier molecular flexibility index (Phi) is 4.58. The van der Waals surface area contributed by atoms with E-state index in [0.717, 1.165) is 12.8 Å². The van der Waals surface area contributed by atoms with Crippen molar-refractivity contribution in [1.82, 2.24) is 9.29 Å². The van der Waals surface area contributed by atoms with Gasteiger partial charge in [0.15, 0.2) is 0 Å². The molecular formula is C17H20N2O4S. The fourth-order valence-corrected chi connectivity index (χ4v) is 4.32. The highest BCUT2D eigenvalue weighted by Crippen LogP contribution is 2.35. The van der Waals surface area contributed by atoms with Crippen molar-refractivity contribution in [3.63, 3.8) is 0 Å². The molecule has 2 atom stereocenters. The molecule has 0 unspecified atom stereocenters. The Morgan fingerprint density at radius 1 is 1.21 bits per heavy atom. The van der Waals surface area contributed by atoms with Crippen LogP contribution in [-0.4, -0.2) is 36.1 Å². The molecule has 0 saturated heterocycles. The monoisotopic (exact) mass is 348 g/mol. The topological polar surface area (TPSA) is 88.4 Å². The Bertz CT molecular complexity index is 826. The van der Waals surface area contributed by atoms with Crippen molar-refractivity contribution in [3.8, 4) is 0 Å². The minimum atomic E-state index is -3.81. The summed E-state index contributed by atoms with van der Waals surface area (Å²) < 4.78 is 29.1. The number of hydrogen-bond donors (Lipinski definition) is 2. The number of carbonyl (C=O) groups excluding carboxylic acids is 1. The smallest absolute Gasteiger partial charge is 0.261 e. The zero-order valence-corrected chi connectivity index (χ0v) is 14.1. The quantitative estimate of drug-likeness (QED) is 0.829. The molecule has 1 aliphatic rings. The SMILES string of the molecule is Cc1ccccc1S(=O)(=O)N[C@@H](C1CC1)[C@@H](O)C(=O)n1cccc1. The highest BCUT2D eigenvalue weighted by molar-refractivity contribution is 7.89. The van der Waals surface area contributed by atoms with Gasteiger partial charge in [0.2, 0.25) is 10.0 Å². The number of benzene rings is 1. The second-order valence-electron chi connectivity index (χ2n) is 6.12. The van der Waals surface area contributed by atoms with Crippen LogP contribution in [0.25, 0.3) is 0 Å². The summed E-state index contributed by atoms with van der Waals surface area (Å²) >= 11 is 0. The van der Waals surface area contributed by atoms with Crippen LogP contribution in [0.5, 0.6) is 0 Å². The van der Waals surface area contributed by atoms with E-state index in [1.54, 1.807) is 37.3 Å². The van der Waals surface area contributed by atoms with E-state index in [4.69, 9.17) is 0 Å². The van der Waals surface area contributed by atoms with Gasteiger partial charge in [-0.25, -0.2) is 13.1 Å². The molecule has 24 heavy (non-hydrogen) atoms. The van der Waals surface area contributed by atoms with E-state index >= 15 is 0 Å². The lowest BCUT2D eigenvalue weighted by atomic mass is 10.1. The molecule has 0 radical (unpaired) electrons. The van der Waals surface area contributed by atoms with Crippen LogP contribution >= 0.6 is 0 Å². The lowest BCUT2D eigenvalue weighted by Gasteiger charge is -2.23. The van der Waals surface area contributed by atoms with E-state index in [1.165, 1.54) is 23.0 Å². The predicted molar refractivity (Wildman–Crippen MR) is 89.1 cm³/mol. The molecule has 1 aromatic heterocycles. The fraction of sp³-hybridized carbons (Fsp3) is 0.353. The summed E-state index contributed by atoms with van der Waals surface area (Å²) in [4.78, 5) is 12.5. The molecule has 1 aromatic carbocycles. The third-order valence-electron chi connectivity index (χ3n) is 4.26. The number of aliphatic hydroxyl groups excluding tert-OH is 1. The number of nitrogens with one attached hydrogen (secondary N) is 1. The van der Waals surface area contributed by atoms with Crippen LogP contribution in [0.2, 0.25) is 0 Å². The molecule has 1 saturated carbocycles. The second-order valence-corrected chi connectivity index (χ2v) is 7.81. The van der Waals surface area contributed by atoms with Crippen molar-refractivity contribution in [1.29, 1.82) is 0 Å². The number of aromatic nitrogens is 1. The molecule has 7 heteroatoms. The molecule has 0 aliphatic heterocycles. The molecule has 6 nitrogen and oxygen atoms in total. The van der Waals surface area contributed by atoms with Crippen LogP contribution in [0.15, 0.2) is 53.7 Å². The number of carbonyl (C=O) groups is 1. The van der Waals surface area contributed by atoms with Gasteiger partial charge >= 0.3 is 0 Å². The van der Waals surface area contributed by atoms with Crippen LogP contribution in [0, 0.1) is 12.8 Å². The number of hydrogen-bond acceptors (Lipinski definition) is 4. The van der Waals surface area contributed by atoms with E-state index in [9.17, 15) is 18.3 Å². The summed E-state index contributed by atoms with van der Waals surface area (Å²) in [7, 11) is -3.81. The van der Waals surface area contributed by atoms with Crippen molar-refractivity contribution in [2.24, 2.45) is 5.92 Å². The molecule has 128 valence electrons. The van der Waals surface area contributed by atoms with Crippen LogP contribution in [-0.2, 0) is 10.0 Å². The summed E-state index contributed by atoms with van der Waals surface area (Å²) in [6, 6.07) is 9.16. The van der Waals surface area contributed by atoms with Crippen LogP contribution in [0.1, 0.15) is 23.2 Å². The fourth-order valence-electron chi connectivity index (χ4n) is 2.76. The van der Waals surface area contributed by atoms with Gasteiger partial charge in [-0.05, 0) is 49.4 Å². The molecule has 0 amide bonds. The molecule has 0 bridgehead atoms. The Labute approximate surface area is 141 Å². The second kappa shape index (κ2) is 6.51. The zero-order chi connectivity index (χ0) is 17.3. The van der Waals surface area contributed by atoms with Crippen LogP contribution in [0.4, 0.5) is 0 Å². The first-order valence-electron chi connectivity index (χ1n) is 7.83. The maximum absolute atomic E-state index is 12.7. The van der Waals surface area contributed by atoms with Crippen molar-refractivity contribution < 1.29 is 18.3 Å². The number of aryl methyl sites for hydroxylation is 1. The maximum Gasteiger partial charge on any atom is 0.261 e. The lowest BCUT2D eigenvalue weighted by molar-refractivity contribution is 0.0567. The molecule has 1 heterocycles. The minimum Gasteiger partial charge on any atom is -0.382 e. The van der Waals surface area contributed by atoms with Gasteiger partial charge in [0, 0.05) is 12.4 Å². The van der Waals surface area contributed by atoms with Gasteiger partial charge in [-0.1, -0.05) is 18.2 Å². The third-order valence-corrected chi connectivity index (χ3v) is 5.88. The highest BCUT2D eigenvalue weighted by atomic mass is 32.2. The largest absolute Gasteiger partial charge is 0.382 e. The van der Waals surface area contributed by atoms with Gasteiger partial charge in [0.1, 0.15) is 6.10 Å². The molecule has 2 aromatic rings. The summed E-state index contributed by atoms with van der Waals surface area (Å²) in [5, 5.41) is 10.4. The number of sulfonamides is 1. The van der Waals surface area contributed by atoms with E-state index < -0.39 is 28.1 Å². The minimum absolute atomic E-state index is 0.0293. The Hall–Kier alpha value is -1.96. The first-order valence-corrected chi connectivity index (χ1v) is 9.31. The maximum atomic E-state index is 12.7. The first kappa shape index (κ1) is 16.9. The standard InChI is InChI=1S/C17H20N2O4S/c1-12-6-2-3-7-14(12)24(22,23)18-15(13-8-9-13)16(20)17(21)19-10-4-5-11-19/h2-7,10-11,13,15-16,18,20H,8-9H2,1H3/t15-,16+/m0/s1. The number of rotatable bonds is 6. The molecule has 0 spiro atoms. The Morgan fingerprint density at radius 3 is 2.42 bits per heavy atom. The summed E-state index contributed by atoms with van der Waals surface area (Å²) in [5.41, 5.74) is 0.616. The molecular weight excluding hydrogens is 328 g/mol. The van der Waals surface area contributed by atoms with Crippen molar-refractivity contribution in [2.75, 3.05) is 0 Å². The van der Waals surface area contributed by atoms with Crippen molar-refractivity contribution in [3.05, 3.63) is 54.4 Å². The summed E-state index contributed by atoms with van der Waals surface area (Å²) in [6.07, 6.45) is 3.22. The van der Waals surface area contributed by atoms with Gasteiger partial charge in [-0.3, -0.25) is 9.36 Å². The molecule has 1 aliphatic carbocycles. The van der Waals surface area contributed by atoms with E-state index in [-0.39, 0.29) is 10.8 Å². The highest BCUT2D eigenvalue weighted by Gasteiger charge is 2.42. The average Bonchev–Trinajstić information content (AvgIpc) is 3.25. The van der Waals surface area contributed by atoms with Crippen LogP contribution < -0.4 is 4.72 Å². The van der Waals surface area contributed by atoms with Gasteiger partial charge in [0.05, 0.1) is 10.9 Å². The molecule has 1 fully saturated rings. The van der Waals surface area contributed by atoms with Gasteiger partial charge in [-0.2, -0.15) is 0 Å². The Balaban J connectivity index is 1.84. The normalized spacial score (nSPS) is 17.4. The van der Waals surface area contributed by atoms with E-state index in [1.807, 2.05) is 0 Å². The molecule has 3 rings (SSSR count). The van der Waals surface area contributed by atoms with Crippen molar-refractivity contribution >= 4 is 15.9 Å². The molecule has 2 N–H and O–H groups in total. The lowest BCUT2D eigenvalue weighted by Crippen LogP contribution is -2.49. The zero-order valence-electron chi connectivity index (χ0n) is 13.3. The number of aliphatic hydroxyl groups is 1. The Morgan fingerprint density at radius 2 is 1.83 bits per heavy atom. The van der Waals surface area contributed by atoms with E-state index in [2.05, 4.69) is 4.72 Å². The third kappa shape index (κ3) is 3.43. The van der Waals surface area contributed by atoms with Crippen LogP contribution in [0.3, 0.4) is 0 Å².